The lowest BCUT2D eigenvalue weighted by atomic mass is 10.2. The number of ketones is 1. The molecule has 4 heteroatoms. The van der Waals surface area contributed by atoms with Gasteiger partial charge in [0.1, 0.15) is 0 Å². The highest BCUT2D eigenvalue weighted by molar-refractivity contribution is 9.09. The van der Waals surface area contributed by atoms with Gasteiger partial charge in [-0.3, -0.25) is 4.79 Å². The Labute approximate surface area is 87.0 Å². The Morgan fingerprint density at radius 1 is 1.46 bits per heavy atom. The third-order valence-electron chi connectivity index (χ3n) is 1.43. The highest BCUT2D eigenvalue weighted by Crippen LogP contribution is 2.04. The zero-order chi connectivity index (χ0) is 10.3. The van der Waals surface area contributed by atoms with Crippen molar-refractivity contribution in [1.29, 1.82) is 0 Å². The Morgan fingerprint density at radius 2 is 2.08 bits per heavy atom. The first kappa shape index (κ1) is 12.6. The van der Waals surface area contributed by atoms with Crippen LogP contribution in [0.25, 0.3) is 0 Å². The first-order chi connectivity index (χ1) is 6.07. The Morgan fingerprint density at radius 3 is 2.54 bits per heavy atom. The standard InChI is InChI=1S/C9H15BrO3/c1-3-4-5-13-9(12)8(11)6-7(2)10/h7H,3-6H2,1-2H3. The summed E-state index contributed by atoms with van der Waals surface area (Å²) in [4.78, 5) is 22.0. The number of hydrogen-bond acceptors (Lipinski definition) is 3. The highest BCUT2D eigenvalue weighted by atomic mass is 79.9. The van der Waals surface area contributed by atoms with Gasteiger partial charge in [0.2, 0.25) is 5.78 Å². The smallest absolute Gasteiger partial charge is 0.374 e. The molecule has 0 spiro atoms. The molecule has 0 aromatic heterocycles. The van der Waals surface area contributed by atoms with Gasteiger partial charge in [-0.25, -0.2) is 4.79 Å². The highest BCUT2D eigenvalue weighted by Gasteiger charge is 2.16. The second kappa shape index (κ2) is 7.06. The predicted molar refractivity (Wildman–Crippen MR) is 53.9 cm³/mol. The molecule has 0 amide bonds. The van der Waals surface area contributed by atoms with Crippen molar-refractivity contribution >= 4 is 27.7 Å². The number of carbonyl (C=O) groups is 2. The van der Waals surface area contributed by atoms with Crippen LogP contribution in [0.1, 0.15) is 33.1 Å². The van der Waals surface area contributed by atoms with Crippen LogP contribution in [0.3, 0.4) is 0 Å². The molecule has 0 aliphatic rings. The van der Waals surface area contributed by atoms with Gasteiger partial charge in [0.25, 0.3) is 0 Å². The number of halogens is 1. The molecule has 0 bridgehead atoms. The van der Waals surface area contributed by atoms with Gasteiger partial charge >= 0.3 is 5.97 Å². The van der Waals surface area contributed by atoms with E-state index in [1.165, 1.54) is 0 Å². The summed E-state index contributed by atoms with van der Waals surface area (Å²) < 4.78 is 4.74. The molecule has 0 aromatic rings. The molecule has 1 unspecified atom stereocenters. The molecule has 76 valence electrons. The second-order valence-electron chi connectivity index (χ2n) is 2.90. The van der Waals surface area contributed by atoms with Gasteiger partial charge in [0.05, 0.1) is 6.61 Å². The minimum atomic E-state index is -0.709. The molecule has 0 saturated carbocycles. The quantitative estimate of drug-likeness (QED) is 0.314. The molecule has 1 atom stereocenters. The number of hydrogen-bond donors (Lipinski definition) is 0. The van der Waals surface area contributed by atoms with Crippen molar-refractivity contribution in [2.24, 2.45) is 0 Å². The van der Waals surface area contributed by atoms with E-state index in [-0.39, 0.29) is 11.2 Å². The molecule has 0 aromatic carbocycles. The Hall–Kier alpha value is -0.380. The van der Waals surface area contributed by atoms with Gasteiger partial charge in [-0.05, 0) is 6.42 Å². The number of carbonyl (C=O) groups excluding carboxylic acids is 2. The largest absolute Gasteiger partial charge is 0.460 e. The lowest BCUT2D eigenvalue weighted by Crippen LogP contribution is -2.20. The number of Topliss-reactive ketones (excluding diaryl/α,β-unsaturated/α-hetero) is 1. The summed E-state index contributed by atoms with van der Waals surface area (Å²) in [5.41, 5.74) is 0. The van der Waals surface area contributed by atoms with E-state index < -0.39 is 11.8 Å². The van der Waals surface area contributed by atoms with E-state index in [0.29, 0.717) is 6.61 Å². The number of ether oxygens (including phenoxy) is 1. The summed E-state index contributed by atoms with van der Waals surface area (Å²) in [5.74, 6) is -1.17. The molecule has 0 aliphatic carbocycles. The van der Waals surface area contributed by atoms with Crippen LogP contribution in [0.15, 0.2) is 0 Å². The lowest BCUT2D eigenvalue weighted by Gasteiger charge is -2.03. The Kier molecular flexibility index (Phi) is 6.86. The molecule has 0 rings (SSSR count). The summed E-state index contributed by atoms with van der Waals surface area (Å²) in [6.45, 7) is 4.16. The fourth-order valence-electron chi connectivity index (χ4n) is 0.728. The van der Waals surface area contributed by atoms with Crippen LogP contribution in [0.5, 0.6) is 0 Å². The third-order valence-corrected chi connectivity index (χ3v) is 1.75. The fourth-order valence-corrected chi connectivity index (χ4v) is 1.02. The van der Waals surface area contributed by atoms with Gasteiger partial charge in [0.15, 0.2) is 0 Å². The molecule has 3 nitrogen and oxygen atoms in total. The van der Waals surface area contributed by atoms with Crippen molar-refractivity contribution in [2.45, 2.75) is 37.9 Å². The first-order valence-corrected chi connectivity index (χ1v) is 5.33. The lowest BCUT2D eigenvalue weighted by molar-refractivity contribution is -0.153. The van der Waals surface area contributed by atoms with Crippen LogP contribution in [-0.2, 0) is 14.3 Å². The van der Waals surface area contributed by atoms with Crippen molar-refractivity contribution < 1.29 is 14.3 Å². The van der Waals surface area contributed by atoms with Crippen molar-refractivity contribution in [3.63, 3.8) is 0 Å². The van der Waals surface area contributed by atoms with Crippen molar-refractivity contribution in [3.05, 3.63) is 0 Å². The summed E-state index contributed by atoms with van der Waals surface area (Å²) in [7, 11) is 0. The minimum Gasteiger partial charge on any atom is -0.460 e. The van der Waals surface area contributed by atoms with Crippen LogP contribution in [0.2, 0.25) is 0 Å². The minimum absolute atomic E-state index is 0.0266. The summed E-state index contributed by atoms with van der Waals surface area (Å²) >= 11 is 3.20. The second-order valence-corrected chi connectivity index (χ2v) is 4.46. The molecule has 13 heavy (non-hydrogen) atoms. The number of alkyl halides is 1. The molecule has 0 radical (unpaired) electrons. The van der Waals surface area contributed by atoms with Gasteiger partial charge < -0.3 is 4.74 Å². The van der Waals surface area contributed by atoms with E-state index in [2.05, 4.69) is 15.9 Å². The third kappa shape index (κ3) is 6.75. The van der Waals surface area contributed by atoms with E-state index in [0.717, 1.165) is 12.8 Å². The number of unbranched alkanes of at least 4 members (excludes halogenated alkanes) is 1. The average molecular weight is 251 g/mol. The summed E-state index contributed by atoms with van der Waals surface area (Å²) in [5, 5.41) is 0. The summed E-state index contributed by atoms with van der Waals surface area (Å²) in [6, 6.07) is 0. The maximum atomic E-state index is 11.0. The first-order valence-electron chi connectivity index (χ1n) is 4.42. The average Bonchev–Trinajstić information content (AvgIpc) is 2.03. The van der Waals surface area contributed by atoms with Gasteiger partial charge in [0, 0.05) is 11.2 Å². The van der Waals surface area contributed by atoms with Gasteiger partial charge in [-0.15, -0.1) is 0 Å². The molecular formula is C9H15BrO3. The van der Waals surface area contributed by atoms with Crippen molar-refractivity contribution in [3.8, 4) is 0 Å². The molecule has 0 saturated heterocycles. The number of rotatable bonds is 6. The maximum Gasteiger partial charge on any atom is 0.374 e. The van der Waals surface area contributed by atoms with Crippen LogP contribution >= 0.6 is 15.9 Å². The van der Waals surface area contributed by atoms with Gasteiger partial charge in [-0.1, -0.05) is 36.2 Å². The normalized spacial score (nSPS) is 12.2. The zero-order valence-corrected chi connectivity index (χ0v) is 9.59. The summed E-state index contributed by atoms with van der Waals surface area (Å²) in [6.07, 6.45) is 1.96. The fraction of sp³-hybridized carbons (Fsp3) is 0.778. The monoisotopic (exact) mass is 250 g/mol. The van der Waals surface area contributed by atoms with Gasteiger partial charge in [-0.2, -0.15) is 0 Å². The van der Waals surface area contributed by atoms with E-state index in [4.69, 9.17) is 4.74 Å². The predicted octanol–water partition coefficient (Wildman–Crippen LogP) is 2.07. The van der Waals surface area contributed by atoms with Crippen LogP contribution < -0.4 is 0 Å². The SMILES string of the molecule is CCCCOC(=O)C(=O)CC(C)Br. The van der Waals surface area contributed by atoms with Crippen LogP contribution in [-0.4, -0.2) is 23.2 Å². The zero-order valence-electron chi connectivity index (χ0n) is 8.01. The topological polar surface area (TPSA) is 43.4 Å². The Bertz CT molecular complexity index is 178. The van der Waals surface area contributed by atoms with Crippen molar-refractivity contribution in [2.75, 3.05) is 6.61 Å². The Balaban J connectivity index is 3.64. The maximum absolute atomic E-state index is 11.0. The van der Waals surface area contributed by atoms with E-state index in [1.54, 1.807) is 0 Å². The van der Waals surface area contributed by atoms with E-state index >= 15 is 0 Å². The van der Waals surface area contributed by atoms with E-state index in [1.807, 2.05) is 13.8 Å². The number of esters is 1. The molecule has 0 heterocycles. The molecular weight excluding hydrogens is 236 g/mol. The molecule has 0 fully saturated rings. The molecule has 0 N–H and O–H groups in total. The van der Waals surface area contributed by atoms with Crippen LogP contribution in [0, 0.1) is 0 Å². The van der Waals surface area contributed by atoms with E-state index in [9.17, 15) is 9.59 Å². The van der Waals surface area contributed by atoms with Crippen molar-refractivity contribution in [1.82, 2.24) is 0 Å². The molecule has 0 aliphatic heterocycles. The van der Waals surface area contributed by atoms with Crippen LogP contribution in [0.4, 0.5) is 0 Å².